The van der Waals surface area contributed by atoms with Crippen LogP contribution in [0.1, 0.15) is 42.5 Å². The van der Waals surface area contributed by atoms with Crippen molar-refractivity contribution < 1.29 is 0 Å². The second-order valence-corrected chi connectivity index (χ2v) is 7.69. The largest absolute Gasteiger partial charge is 0.357 e. The molecule has 0 radical (unpaired) electrons. The van der Waals surface area contributed by atoms with Crippen molar-refractivity contribution in [2.24, 2.45) is 10.4 Å². The number of likely N-dealkylation sites (tertiary alicyclic amines) is 1. The van der Waals surface area contributed by atoms with Crippen molar-refractivity contribution in [2.75, 3.05) is 26.2 Å². The lowest BCUT2D eigenvalue weighted by atomic mass is 9.68. The topological polar surface area (TPSA) is 40.5 Å². The van der Waals surface area contributed by atoms with Crippen molar-refractivity contribution in [1.29, 1.82) is 0 Å². The highest BCUT2D eigenvalue weighted by atomic mass is 32.1. The van der Waals surface area contributed by atoms with Crippen molar-refractivity contribution in [3.63, 3.8) is 0 Å². The molecule has 1 spiro atoms. The number of rotatable bonds is 4. The van der Waals surface area contributed by atoms with Crippen LogP contribution in [0.4, 0.5) is 0 Å². The number of aryl methyl sites for hydroxylation is 1. The molecule has 0 aromatic carbocycles. The van der Waals surface area contributed by atoms with E-state index in [0.29, 0.717) is 5.41 Å². The first-order valence-electron chi connectivity index (χ1n) is 8.15. The first kappa shape index (κ1) is 14.8. The van der Waals surface area contributed by atoms with Crippen LogP contribution in [0.3, 0.4) is 0 Å². The minimum absolute atomic E-state index is 0.628. The van der Waals surface area contributed by atoms with Gasteiger partial charge >= 0.3 is 0 Å². The summed E-state index contributed by atoms with van der Waals surface area (Å²) in [7, 11) is 0. The molecule has 4 nitrogen and oxygen atoms in total. The molecule has 3 rings (SSSR count). The van der Waals surface area contributed by atoms with Gasteiger partial charge in [-0.1, -0.05) is 6.42 Å². The van der Waals surface area contributed by atoms with Crippen molar-refractivity contribution >= 4 is 17.3 Å². The Hall–Kier alpha value is -1.10. The lowest BCUT2D eigenvalue weighted by Gasteiger charge is -2.38. The van der Waals surface area contributed by atoms with E-state index in [4.69, 9.17) is 4.99 Å². The van der Waals surface area contributed by atoms with Crippen LogP contribution in [0.5, 0.6) is 0 Å². The van der Waals surface area contributed by atoms with E-state index < -0.39 is 0 Å². The van der Waals surface area contributed by atoms with Gasteiger partial charge < -0.3 is 10.2 Å². The quantitative estimate of drug-likeness (QED) is 0.687. The lowest BCUT2D eigenvalue weighted by molar-refractivity contribution is 0.151. The number of guanidine groups is 1. The van der Waals surface area contributed by atoms with Gasteiger partial charge in [-0.05, 0) is 38.5 Å². The van der Waals surface area contributed by atoms with E-state index in [1.165, 1.54) is 48.7 Å². The second-order valence-electron chi connectivity index (χ2n) is 6.38. The zero-order chi connectivity index (χ0) is 14.7. The minimum Gasteiger partial charge on any atom is -0.357 e. The third-order valence-corrected chi connectivity index (χ3v) is 5.72. The van der Waals surface area contributed by atoms with Crippen molar-refractivity contribution in [3.05, 3.63) is 16.1 Å². The number of thiazole rings is 1. The van der Waals surface area contributed by atoms with Gasteiger partial charge in [-0.2, -0.15) is 0 Å². The summed E-state index contributed by atoms with van der Waals surface area (Å²) in [6, 6.07) is 0. The van der Waals surface area contributed by atoms with Gasteiger partial charge in [0.25, 0.3) is 0 Å². The average Bonchev–Trinajstić information content (AvgIpc) is 3.04. The maximum Gasteiger partial charge on any atom is 0.193 e. The maximum absolute atomic E-state index is 4.82. The Labute approximate surface area is 131 Å². The van der Waals surface area contributed by atoms with Crippen molar-refractivity contribution in [3.8, 4) is 0 Å². The van der Waals surface area contributed by atoms with Crippen LogP contribution in [0.15, 0.2) is 11.2 Å². The number of nitrogens with zero attached hydrogens (tertiary/aromatic N) is 3. The average molecular weight is 306 g/mol. The number of hydrogen-bond acceptors (Lipinski definition) is 3. The molecule has 1 N–H and O–H groups in total. The summed E-state index contributed by atoms with van der Waals surface area (Å²) in [6.07, 6.45) is 8.51. The number of nitrogens with one attached hydrogen (secondary N) is 1. The SMILES string of the molecule is CCNC(=NCCc1ncc(C)s1)N1CCC2(CCC2)C1. The van der Waals surface area contributed by atoms with Crippen LogP contribution in [0.2, 0.25) is 0 Å². The molecule has 0 amide bonds. The molecule has 1 saturated heterocycles. The monoisotopic (exact) mass is 306 g/mol. The molecular weight excluding hydrogens is 280 g/mol. The Morgan fingerprint density at radius 1 is 1.48 bits per heavy atom. The Morgan fingerprint density at radius 3 is 2.90 bits per heavy atom. The van der Waals surface area contributed by atoms with Gasteiger partial charge in [0.05, 0.1) is 5.01 Å². The molecule has 1 aromatic heterocycles. The Morgan fingerprint density at radius 2 is 2.33 bits per heavy atom. The van der Waals surface area contributed by atoms with Crippen LogP contribution in [-0.4, -0.2) is 42.0 Å². The standard InChI is InChI=1S/C16H26N4S/c1-3-17-15(18-9-5-14-19-11-13(2)21-14)20-10-8-16(12-20)6-4-7-16/h11H,3-10,12H2,1-2H3,(H,17,18). The van der Waals surface area contributed by atoms with Gasteiger partial charge in [-0.15, -0.1) is 11.3 Å². The third kappa shape index (κ3) is 3.39. The van der Waals surface area contributed by atoms with Gasteiger partial charge in [0, 0.05) is 43.7 Å². The normalized spacial score (nSPS) is 20.9. The van der Waals surface area contributed by atoms with Gasteiger partial charge in [0.2, 0.25) is 0 Å². The Bertz CT molecular complexity index is 504. The highest BCUT2D eigenvalue weighted by Crippen LogP contribution is 2.47. The third-order valence-electron chi connectivity index (χ3n) is 4.74. The fourth-order valence-corrected chi connectivity index (χ4v) is 4.18. The summed E-state index contributed by atoms with van der Waals surface area (Å²) in [5, 5.41) is 4.66. The molecule has 0 unspecified atom stereocenters. The highest BCUT2D eigenvalue weighted by molar-refractivity contribution is 7.11. The number of aliphatic imine (C=N–C) groups is 1. The zero-order valence-electron chi connectivity index (χ0n) is 13.2. The van der Waals surface area contributed by atoms with E-state index >= 15 is 0 Å². The van der Waals surface area contributed by atoms with E-state index in [1.807, 2.05) is 6.20 Å². The second kappa shape index (κ2) is 6.34. The number of aromatic nitrogens is 1. The summed E-state index contributed by atoms with van der Waals surface area (Å²) >= 11 is 1.78. The van der Waals surface area contributed by atoms with E-state index in [-0.39, 0.29) is 0 Å². The van der Waals surface area contributed by atoms with E-state index in [9.17, 15) is 0 Å². The van der Waals surface area contributed by atoms with Crippen LogP contribution in [0, 0.1) is 12.3 Å². The Balaban J connectivity index is 1.57. The van der Waals surface area contributed by atoms with Crippen LogP contribution < -0.4 is 5.32 Å². The lowest BCUT2D eigenvalue weighted by Crippen LogP contribution is -2.42. The van der Waals surface area contributed by atoms with E-state index in [2.05, 4.69) is 29.0 Å². The van der Waals surface area contributed by atoms with Crippen molar-refractivity contribution in [1.82, 2.24) is 15.2 Å². The molecular formula is C16H26N4S. The summed E-state index contributed by atoms with van der Waals surface area (Å²) in [6.45, 7) is 8.40. The Kier molecular flexibility index (Phi) is 4.48. The first-order chi connectivity index (χ1) is 10.2. The van der Waals surface area contributed by atoms with Gasteiger partial charge in [-0.3, -0.25) is 4.99 Å². The molecule has 21 heavy (non-hydrogen) atoms. The molecule has 5 heteroatoms. The zero-order valence-corrected chi connectivity index (χ0v) is 14.0. The van der Waals surface area contributed by atoms with Gasteiger partial charge in [0.1, 0.15) is 0 Å². The predicted molar refractivity (Wildman–Crippen MR) is 89.0 cm³/mol. The van der Waals surface area contributed by atoms with Crippen LogP contribution in [0.25, 0.3) is 0 Å². The highest BCUT2D eigenvalue weighted by Gasteiger charge is 2.43. The molecule has 2 heterocycles. The summed E-state index contributed by atoms with van der Waals surface area (Å²) < 4.78 is 0. The smallest absolute Gasteiger partial charge is 0.193 e. The molecule has 116 valence electrons. The van der Waals surface area contributed by atoms with Crippen molar-refractivity contribution in [2.45, 2.75) is 46.0 Å². The molecule has 1 aliphatic heterocycles. The fourth-order valence-electron chi connectivity index (χ4n) is 3.40. The predicted octanol–water partition coefficient (Wildman–Crippen LogP) is 2.84. The van der Waals surface area contributed by atoms with E-state index in [1.54, 1.807) is 11.3 Å². The fraction of sp³-hybridized carbons (Fsp3) is 0.750. The molecule has 1 aliphatic carbocycles. The molecule has 0 bridgehead atoms. The number of hydrogen-bond donors (Lipinski definition) is 1. The minimum atomic E-state index is 0.628. The summed E-state index contributed by atoms with van der Waals surface area (Å²) in [5.41, 5.74) is 0.628. The first-order valence-corrected chi connectivity index (χ1v) is 8.97. The van der Waals surface area contributed by atoms with Gasteiger partial charge in [-0.25, -0.2) is 4.98 Å². The maximum atomic E-state index is 4.82. The van der Waals surface area contributed by atoms with Crippen LogP contribution in [-0.2, 0) is 6.42 Å². The molecule has 0 atom stereocenters. The summed E-state index contributed by atoms with van der Waals surface area (Å²) in [4.78, 5) is 13.0. The molecule has 2 fully saturated rings. The molecule has 1 aromatic rings. The molecule has 1 saturated carbocycles. The molecule has 2 aliphatic rings. The van der Waals surface area contributed by atoms with Crippen LogP contribution >= 0.6 is 11.3 Å². The van der Waals surface area contributed by atoms with E-state index in [0.717, 1.165) is 25.5 Å². The summed E-state index contributed by atoms with van der Waals surface area (Å²) in [5.74, 6) is 1.11. The van der Waals surface area contributed by atoms with Gasteiger partial charge in [0.15, 0.2) is 5.96 Å².